The summed E-state index contributed by atoms with van der Waals surface area (Å²) in [7, 11) is -0.352. The Morgan fingerprint density at radius 1 is 1.07 bits per heavy atom. The van der Waals surface area contributed by atoms with Gasteiger partial charge in [-0.2, -0.15) is 5.26 Å². The quantitative estimate of drug-likeness (QED) is 0.634. The summed E-state index contributed by atoms with van der Waals surface area (Å²) in [5.41, 5.74) is 2.11. The standard InChI is InChI=1S/C20H25N3O3S/c1-23(2)27(24,25)20-10-8-17(9-11-20)15-22-16-18-6-5-7-19(14-18)26-13-4-3-12-21/h5-11,14,22H,3-4,13,15-16H2,1-2H3. The lowest BCUT2D eigenvalue weighted by atomic mass is 10.2. The SMILES string of the molecule is CN(C)S(=O)(=O)c1ccc(CNCc2cccc(OCCCC#N)c2)cc1. The van der Waals surface area contributed by atoms with E-state index in [4.69, 9.17) is 10.00 Å². The molecule has 0 atom stereocenters. The third kappa shape index (κ3) is 6.36. The molecule has 6 nitrogen and oxygen atoms in total. The molecule has 0 unspecified atom stereocenters. The van der Waals surface area contributed by atoms with Crippen molar-refractivity contribution < 1.29 is 13.2 Å². The van der Waals surface area contributed by atoms with Crippen LogP contribution in [0.4, 0.5) is 0 Å². The maximum atomic E-state index is 12.1. The van der Waals surface area contributed by atoms with Gasteiger partial charge in [-0.1, -0.05) is 24.3 Å². The van der Waals surface area contributed by atoms with Gasteiger partial charge in [0.1, 0.15) is 5.75 Å². The highest BCUT2D eigenvalue weighted by molar-refractivity contribution is 7.89. The Balaban J connectivity index is 1.85. The van der Waals surface area contributed by atoms with Crippen molar-refractivity contribution in [1.29, 1.82) is 5.26 Å². The smallest absolute Gasteiger partial charge is 0.242 e. The van der Waals surface area contributed by atoms with E-state index in [-0.39, 0.29) is 4.90 Å². The fraction of sp³-hybridized carbons (Fsp3) is 0.350. The summed E-state index contributed by atoms with van der Waals surface area (Å²) >= 11 is 0. The minimum atomic E-state index is -3.39. The van der Waals surface area contributed by atoms with Crippen molar-refractivity contribution in [2.75, 3.05) is 20.7 Å². The van der Waals surface area contributed by atoms with Crippen molar-refractivity contribution in [3.63, 3.8) is 0 Å². The van der Waals surface area contributed by atoms with Crippen molar-refractivity contribution in [3.8, 4) is 11.8 Å². The Bertz CT molecular complexity index is 872. The molecule has 27 heavy (non-hydrogen) atoms. The van der Waals surface area contributed by atoms with Gasteiger partial charge in [0, 0.05) is 33.6 Å². The Hall–Kier alpha value is -2.40. The van der Waals surface area contributed by atoms with E-state index in [2.05, 4.69) is 11.4 Å². The second-order valence-corrected chi connectivity index (χ2v) is 8.44. The van der Waals surface area contributed by atoms with Gasteiger partial charge in [-0.05, 0) is 41.8 Å². The van der Waals surface area contributed by atoms with Gasteiger partial charge in [-0.15, -0.1) is 0 Å². The van der Waals surface area contributed by atoms with Crippen molar-refractivity contribution in [2.45, 2.75) is 30.8 Å². The Kier molecular flexibility index (Phi) is 7.80. The van der Waals surface area contributed by atoms with Crippen molar-refractivity contribution in [1.82, 2.24) is 9.62 Å². The topological polar surface area (TPSA) is 82.4 Å². The number of hydrogen-bond acceptors (Lipinski definition) is 5. The summed E-state index contributed by atoms with van der Waals surface area (Å²) in [6, 6.07) is 16.8. The molecule has 0 radical (unpaired) electrons. The lowest BCUT2D eigenvalue weighted by Crippen LogP contribution is -2.22. The zero-order chi connectivity index (χ0) is 19.7. The summed E-state index contributed by atoms with van der Waals surface area (Å²) < 4.78 is 31.0. The number of unbranched alkanes of at least 4 members (excludes halogenated alkanes) is 1. The molecule has 7 heteroatoms. The minimum Gasteiger partial charge on any atom is -0.494 e. The van der Waals surface area contributed by atoms with Crippen LogP contribution in [-0.2, 0) is 23.1 Å². The first kappa shape index (κ1) is 20.9. The van der Waals surface area contributed by atoms with Crippen LogP contribution in [0.3, 0.4) is 0 Å². The van der Waals surface area contributed by atoms with Gasteiger partial charge in [0.05, 0.1) is 17.6 Å². The van der Waals surface area contributed by atoms with E-state index >= 15 is 0 Å². The summed E-state index contributed by atoms with van der Waals surface area (Å²) in [4.78, 5) is 0.289. The zero-order valence-electron chi connectivity index (χ0n) is 15.7. The normalized spacial score (nSPS) is 11.3. The van der Waals surface area contributed by atoms with Gasteiger partial charge in [-0.3, -0.25) is 0 Å². The summed E-state index contributed by atoms with van der Waals surface area (Å²) in [6.07, 6.45) is 1.22. The van der Waals surface area contributed by atoms with Gasteiger partial charge >= 0.3 is 0 Å². The number of sulfonamides is 1. The second kappa shape index (κ2) is 10.1. The third-order valence-electron chi connectivity index (χ3n) is 3.96. The van der Waals surface area contributed by atoms with E-state index in [1.165, 1.54) is 18.4 Å². The van der Waals surface area contributed by atoms with Gasteiger partial charge < -0.3 is 10.1 Å². The molecule has 2 aromatic rings. The first-order chi connectivity index (χ1) is 12.9. The summed E-state index contributed by atoms with van der Waals surface area (Å²) in [5.74, 6) is 0.797. The van der Waals surface area contributed by atoms with Crippen molar-refractivity contribution >= 4 is 10.0 Å². The zero-order valence-corrected chi connectivity index (χ0v) is 16.5. The Labute approximate surface area is 161 Å². The number of nitrogens with zero attached hydrogens (tertiary/aromatic N) is 2. The Morgan fingerprint density at radius 3 is 2.44 bits per heavy atom. The molecular formula is C20H25N3O3S. The van der Waals surface area contributed by atoms with Crippen LogP contribution in [0, 0.1) is 11.3 Å². The van der Waals surface area contributed by atoms with Crippen molar-refractivity contribution in [3.05, 3.63) is 59.7 Å². The number of benzene rings is 2. The van der Waals surface area contributed by atoms with Crippen LogP contribution >= 0.6 is 0 Å². The number of ether oxygens (including phenoxy) is 1. The predicted octanol–water partition coefficient (Wildman–Crippen LogP) is 2.91. The first-order valence-electron chi connectivity index (χ1n) is 8.74. The van der Waals surface area contributed by atoms with Crippen molar-refractivity contribution in [2.24, 2.45) is 0 Å². The number of rotatable bonds is 10. The van der Waals surface area contributed by atoms with Crippen LogP contribution in [0.2, 0.25) is 0 Å². The maximum absolute atomic E-state index is 12.1. The molecule has 2 rings (SSSR count). The predicted molar refractivity (Wildman–Crippen MR) is 105 cm³/mol. The molecule has 0 saturated heterocycles. The molecule has 0 aromatic heterocycles. The maximum Gasteiger partial charge on any atom is 0.242 e. The lowest BCUT2D eigenvalue weighted by Gasteiger charge is -2.12. The van der Waals surface area contributed by atoms with Crippen LogP contribution in [0.25, 0.3) is 0 Å². The van der Waals surface area contributed by atoms with E-state index in [0.29, 0.717) is 26.1 Å². The number of nitriles is 1. The largest absolute Gasteiger partial charge is 0.494 e. The van der Waals surface area contributed by atoms with E-state index in [1.54, 1.807) is 12.1 Å². The number of nitrogens with one attached hydrogen (secondary N) is 1. The van der Waals surface area contributed by atoms with Crippen LogP contribution in [-0.4, -0.2) is 33.4 Å². The van der Waals surface area contributed by atoms with Crippen LogP contribution < -0.4 is 10.1 Å². The molecule has 1 N–H and O–H groups in total. The Morgan fingerprint density at radius 2 is 1.78 bits per heavy atom. The molecule has 0 aliphatic heterocycles. The molecule has 0 aliphatic rings. The molecule has 0 aliphatic carbocycles. The fourth-order valence-electron chi connectivity index (χ4n) is 2.43. The van der Waals surface area contributed by atoms with E-state index < -0.39 is 10.0 Å². The van der Waals surface area contributed by atoms with Crippen LogP contribution in [0.15, 0.2) is 53.4 Å². The van der Waals surface area contributed by atoms with Gasteiger partial charge in [0.15, 0.2) is 0 Å². The van der Waals surface area contributed by atoms with Crippen LogP contribution in [0.5, 0.6) is 5.75 Å². The van der Waals surface area contributed by atoms with E-state index in [9.17, 15) is 8.42 Å². The molecule has 0 saturated carbocycles. The molecule has 0 spiro atoms. The molecular weight excluding hydrogens is 362 g/mol. The highest BCUT2D eigenvalue weighted by atomic mass is 32.2. The summed E-state index contributed by atoms with van der Waals surface area (Å²) in [6.45, 7) is 1.84. The number of hydrogen-bond donors (Lipinski definition) is 1. The molecule has 0 amide bonds. The van der Waals surface area contributed by atoms with E-state index in [1.807, 2.05) is 36.4 Å². The minimum absolute atomic E-state index is 0.289. The molecule has 0 heterocycles. The average molecular weight is 388 g/mol. The monoisotopic (exact) mass is 387 g/mol. The average Bonchev–Trinajstić information content (AvgIpc) is 2.66. The lowest BCUT2D eigenvalue weighted by molar-refractivity contribution is 0.312. The first-order valence-corrected chi connectivity index (χ1v) is 10.2. The van der Waals surface area contributed by atoms with E-state index in [0.717, 1.165) is 23.3 Å². The summed E-state index contributed by atoms with van der Waals surface area (Å²) in [5, 5.41) is 11.9. The van der Waals surface area contributed by atoms with Gasteiger partial charge in [0.2, 0.25) is 10.0 Å². The fourth-order valence-corrected chi connectivity index (χ4v) is 3.33. The third-order valence-corrected chi connectivity index (χ3v) is 5.79. The molecule has 0 fully saturated rings. The van der Waals surface area contributed by atoms with Crippen LogP contribution in [0.1, 0.15) is 24.0 Å². The molecule has 2 aromatic carbocycles. The second-order valence-electron chi connectivity index (χ2n) is 6.29. The van der Waals surface area contributed by atoms with Gasteiger partial charge in [-0.25, -0.2) is 12.7 Å². The molecule has 0 bridgehead atoms. The molecule has 144 valence electrons. The highest BCUT2D eigenvalue weighted by Gasteiger charge is 2.16. The highest BCUT2D eigenvalue weighted by Crippen LogP contribution is 2.15. The van der Waals surface area contributed by atoms with Gasteiger partial charge in [0.25, 0.3) is 0 Å².